The third kappa shape index (κ3) is 8.89. The molecule has 3 rings (SSSR count). The average molecular weight is 550 g/mol. The van der Waals surface area contributed by atoms with Crippen LogP contribution in [0.1, 0.15) is 37.0 Å². The molecule has 0 amide bonds. The number of rotatable bonds is 14. The molecule has 1 saturated carbocycles. The van der Waals surface area contributed by atoms with E-state index in [2.05, 4.69) is 15.7 Å². The zero-order chi connectivity index (χ0) is 28.6. The van der Waals surface area contributed by atoms with E-state index in [-0.39, 0.29) is 23.6 Å². The molecular weight excluding hydrogens is 518 g/mol. The molecule has 2 aromatic rings. The van der Waals surface area contributed by atoms with Crippen LogP contribution in [0, 0.1) is 22.7 Å². The molecule has 5 N–H and O–H groups in total. The Morgan fingerprint density at radius 2 is 1.90 bits per heavy atom. The number of aliphatic hydroxyl groups excluding tert-OH is 1. The van der Waals surface area contributed by atoms with Crippen molar-refractivity contribution in [1.29, 1.82) is 10.9 Å². The fraction of sp³-hybridized carbons (Fsp3) is 0.370. The first-order valence-electron chi connectivity index (χ1n) is 12.2. The number of alkyl halides is 3. The Kier molecular flexibility index (Phi) is 10.2. The molecule has 0 aliphatic heterocycles. The van der Waals surface area contributed by atoms with Crippen molar-refractivity contribution in [2.75, 3.05) is 19.0 Å². The van der Waals surface area contributed by atoms with Gasteiger partial charge in [-0.25, -0.2) is 9.92 Å². The molecule has 0 bridgehead atoms. The third-order valence-electron chi connectivity index (χ3n) is 6.05. The number of hydrogen-bond acceptors (Lipinski definition) is 8. The Hall–Kier alpha value is -3.77. The molecule has 39 heavy (non-hydrogen) atoms. The van der Waals surface area contributed by atoms with Gasteiger partial charge < -0.3 is 25.2 Å². The Bertz CT molecular complexity index is 1210. The summed E-state index contributed by atoms with van der Waals surface area (Å²) >= 11 is 0. The van der Waals surface area contributed by atoms with Gasteiger partial charge in [-0.2, -0.15) is 18.3 Å². The van der Waals surface area contributed by atoms with Gasteiger partial charge in [0, 0.05) is 24.0 Å². The van der Waals surface area contributed by atoms with Crippen LogP contribution in [-0.4, -0.2) is 36.8 Å². The summed E-state index contributed by atoms with van der Waals surface area (Å²) < 4.78 is 64.9. The number of benzene rings is 2. The van der Waals surface area contributed by atoms with Gasteiger partial charge in [-0.05, 0) is 67.7 Å². The summed E-state index contributed by atoms with van der Waals surface area (Å²) in [6.07, 6.45) is -3.77. The molecule has 0 aromatic heterocycles. The second kappa shape index (κ2) is 13.3. The van der Waals surface area contributed by atoms with Gasteiger partial charge in [0.15, 0.2) is 0 Å². The summed E-state index contributed by atoms with van der Waals surface area (Å²) in [5.74, 6) is 0.523. The van der Waals surface area contributed by atoms with Gasteiger partial charge in [-0.15, -0.1) is 0 Å². The first-order valence-corrected chi connectivity index (χ1v) is 12.2. The Morgan fingerprint density at radius 3 is 2.49 bits per heavy atom. The SMILES string of the molecule is COc1ccc(CO[C@H](C)c2cc(F)ccc2N/C(=C\C(=N)C(F)(F)F)C(O)/C(=C/NCC2CC2)N=N)cc1. The molecule has 2 aromatic carbocycles. The van der Waals surface area contributed by atoms with E-state index < -0.39 is 35.6 Å². The predicted octanol–water partition coefficient (Wildman–Crippen LogP) is 6.22. The molecule has 0 radical (unpaired) electrons. The molecule has 8 nitrogen and oxygen atoms in total. The molecule has 1 aliphatic rings. The number of nitrogens with one attached hydrogen (secondary N) is 4. The Morgan fingerprint density at radius 1 is 1.21 bits per heavy atom. The summed E-state index contributed by atoms with van der Waals surface area (Å²) in [6.45, 7) is 2.37. The summed E-state index contributed by atoms with van der Waals surface area (Å²) in [5, 5.41) is 27.2. The minimum absolute atomic E-state index is 0.147. The molecule has 0 heterocycles. The summed E-state index contributed by atoms with van der Waals surface area (Å²) in [4.78, 5) is 0. The molecule has 0 saturated heterocycles. The topological polar surface area (TPSA) is 123 Å². The van der Waals surface area contributed by atoms with Crippen molar-refractivity contribution in [3.8, 4) is 5.75 Å². The molecule has 1 fully saturated rings. The predicted molar refractivity (Wildman–Crippen MR) is 138 cm³/mol. The molecule has 210 valence electrons. The van der Waals surface area contributed by atoms with Crippen LogP contribution in [0.2, 0.25) is 0 Å². The van der Waals surface area contributed by atoms with Crippen LogP contribution >= 0.6 is 0 Å². The summed E-state index contributed by atoms with van der Waals surface area (Å²) in [7, 11) is 1.55. The molecule has 1 unspecified atom stereocenters. The normalized spacial score (nSPS) is 15.9. The Labute approximate surface area is 223 Å². The fourth-order valence-electron chi connectivity index (χ4n) is 3.58. The van der Waals surface area contributed by atoms with E-state index in [9.17, 15) is 22.7 Å². The van der Waals surface area contributed by atoms with Crippen molar-refractivity contribution in [1.82, 2.24) is 5.32 Å². The lowest BCUT2D eigenvalue weighted by Gasteiger charge is -2.23. The van der Waals surface area contributed by atoms with Crippen LogP contribution in [0.15, 0.2) is 71.2 Å². The maximum Gasteiger partial charge on any atom is 0.432 e. The number of anilines is 1. The highest BCUT2D eigenvalue weighted by Gasteiger charge is 2.34. The van der Waals surface area contributed by atoms with Crippen molar-refractivity contribution in [3.63, 3.8) is 0 Å². The highest BCUT2D eigenvalue weighted by Crippen LogP contribution is 2.31. The van der Waals surface area contributed by atoms with Crippen LogP contribution in [0.5, 0.6) is 5.75 Å². The lowest BCUT2D eigenvalue weighted by molar-refractivity contribution is -0.0584. The maximum atomic E-state index is 14.2. The van der Waals surface area contributed by atoms with E-state index in [4.69, 9.17) is 20.4 Å². The minimum atomic E-state index is -4.99. The van der Waals surface area contributed by atoms with Gasteiger partial charge in [0.05, 0.1) is 25.5 Å². The molecular formula is C27H31F4N5O3. The van der Waals surface area contributed by atoms with Gasteiger partial charge >= 0.3 is 6.18 Å². The second-order valence-electron chi connectivity index (χ2n) is 9.10. The second-order valence-corrected chi connectivity index (χ2v) is 9.10. The van der Waals surface area contributed by atoms with Gasteiger partial charge in [0.1, 0.15) is 29.1 Å². The first kappa shape index (κ1) is 29.8. The lowest BCUT2D eigenvalue weighted by atomic mass is 10.1. The van der Waals surface area contributed by atoms with E-state index in [0.29, 0.717) is 24.3 Å². The van der Waals surface area contributed by atoms with Crippen molar-refractivity contribution < 1.29 is 32.1 Å². The average Bonchev–Trinajstić information content (AvgIpc) is 3.74. The smallest absolute Gasteiger partial charge is 0.432 e. The van der Waals surface area contributed by atoms with Crippen LogP contribution < -0.4 is 15.4 Å². The number of methoxy groups -OCH3 is 1. The molecule has 12 heteroatoms. The van der Waals surface area contributed by atoms with Crippen LogP contribution in [0.4, 0.5) is 23.2 Å². The van der Waals surface area contributed by atoms with Crippen molar-refractivity contribution in [3.05, 3.63) is 83.1 Å². The number of ether oxygens (including phenoxy) is 2. The Balaban J connectivity index is 1.86. The van der Waals surface area contributed by atoms with Crippen molar-refractivity contribution >= 4 is 11.4 Å². The monoisotopic (exact) mass is 549 g/mol. The lowest BCUT2D eigenvalue weighted by Crippen LogP contribution is -2.26. The standard InChI is InChI=1S/C27H31F4N5O3/c1-16(39-15-18-5-8-20(38-2)9-6-18)21-11-19(28)7-10-22(21)35-23(12-25(32)27(29,30)31)26(37)24(36-33)14-34-13-17-3-4-17/h5-12,14,16-17,26,32-35,37H,3-4,13,15H2,1-2H3/b23-12-,24-14-,32-25?,36-33?/t16-,26?/m1/s1. The largest absolute Gasteiger partial charge is 0.497 e. The number of aliphatic hydroxyl groups is 1. The van der Waals surface area contributed by atoms with Gasteiger partial charge in [-0.1, -0.05) is 12.1 Å². The number of allylic oxidation sites excluding steroid dienone is 1. The van der Waals surface area contributed by atoms with Crippen LogP contribution in [0.25, 0.3) is 0 Å². The summed E-state index contributed by atoms with van der Waals surface area (Å²) in [5.41, 5.74) is 6.18. The van der Waals surface area contributed by atoms with Gasteiger partial charge in [-0.3, -0.25) is 5.41 Å². The minimum Gasteiger partial charge on any atom is -0.497 e. The van der Waals surface area contributed by atoms with E-state index >= 15 is 0 Å². The van der Waals surface area contributed by atoms with Gasteiger partial charge in [0.25, 0.3) is 0 Å². The number of halogens is 4. The zero-order valence-corrected chi connectivity index (χ0v) is 21.5. The first-order chi connectivity index (χ1) is 18.5. The molecule has 1 aliphatic carbocycles. The van der Waals surface area contributed by atoms with Gasteiger partial charge in [0.2, 0.25) is 0 Å². The van der Waals surface area contributed by atoms with E-state index in [1.165, 1.54) is 18.3 Å². The summed E-state index contributed by atoms with van der Waals surface area (Å²) in [6, 6.07) is 10.7. The highest BCUT2D eigenvalue weighted by molar-refractivity contribution is 5.98. The van der Waals surface area contributed by atoms with Crippen molar-refractivity contribution in [2.45, 2.75) is 44.8 Å². The number of hydrogen-bond donors (Lipinski definition) is 5. The van der Waals surface area contributed by atoms with E-state index in [1.807, 2.05) is 0 Å². The number of nitrogens with zero attached hydrogens (tertiary/aromatic N) is 1. The maximum absolute atomic E-state index is 14.2. The highest BCUT2D eigenvalue weighted by atomic mass is 19.4. The van der Waals surface area contributed by atoms with Crippen molar-refractivity contribution in [2.24, 2.45) is 11.0 Å². The van der Waals surface area contributed by atoms with Crippen LogP contribution in [0.3, 0.4) is 0 Å². The van der Waals surface area contributed by atoms with Crippen LogP contribution in [-0.2, 0) is 11.3 Å². The molecule has 2 atom stereocenters. The van der Waals surface area contributed by atoms with E-state index in [0.717, 1.165) is 24.5 Å². The van der Waals surface area contributed by atoms with E-state index in [1.54, 1.807) is 38.3 Å². The fourth-order valence-corrected chi connectivity index (χ4v) is 3.58. The molecule has 0 spiro atoms. The third-order valence-corrected chi connectivity index (χ3v) is 6.05. The zero-order valence-electron chi connectivity index (χ0n) is 21.5. The quantitative estimate of drug-likeness (QED) is 0.109.